The third kappa shape index (κ3) is 2.29. The van der Waals surface area contributed by atoms with Gasteiger partial charge in [0.1, 0.15) is 5.76 Å². The van der Waals surface area contributed by atoms with E-state index in [4.69, 9.17) is 9.26 Å². The second-order valence-corrected chi connectivity index (χ2v) is 6.89. The van der Waals surface area contributed by atoms with Crippen molar-refractivity contribution in [2.75, 3.05) is 18.5 Å². The fourth-order valence-electron chi connectivity index (χ4n) is 3.70. The van der Waals surface area contributed by atoms with Crippen LogP contribution in [0.25, 0.3) is 0 Å². The number of urea groups is 1. The molecule has 1 atom stereocenters. The Bertz CT molecular complexity index is 579. The molecule has 2 amide bonds. The molecule has 4 rings (SSSR count). The Hall–Kier alpha value is -1.56. The van der Waals surface area contributed by atoms with Crippen molar-refractivity contribution in [3.63, 3.8) is 0 Å². The monoisotopic (exact) mass is 305 g/mol. The maximum absolute atomic E-state index is 12.7. The van der Waals surface area contributed by atoms with Gasteiger partial charge in [0.25, 0.3) is 0 Å². The Kier molecular flexibility index (Phi) is 3.36. The van der Waals surface area contributed by atoms with Crippen LogP contribution in [0.4, 0.5) is 10.6 Å². The quantitative estimate of drug-likeness (QED) is 0.866. The fraction of sp³-hybridized carbons (Fsp3) is 0.750. The molecule has 0 aromatic carbocycles. The molecule has 1 saturated heterocycles. The summed E-state index contributed by atoms with van der Waals surface area (Å²) in [6.07, 6.45) is 7.45. The molecule has 6 heteroatoms. The number of aryl methyl sites for hydroxylation is 1. The van der Waals surface area contributed by atoms with Gasteiger partial charge in [0.05, 0.1) is 24.8 Å². The molecule has 120 valence electrons. The summed E-state index contributed by atoms with van der Waals surface area (Å²) in [7, 11) is 0. The van der Waals surface area contributed by atoms with Crippen LogP contribution in [-0.2, 0) is 17.6 Å². The smallest absolute Gasteiger partial charge is 0.323 e. The van der Waals surface area contributed by atoms with E-state index in [9.17, 15) is 4.79 Å². The molecule has 22 heavy (non-hydrogen) atoms. The number of fused-ring (bicyclic) bond motifs is 1. The maximum Gasteiger partial charge on any atom is 0.323 e. The van der Waals surface area contributed by atoms with Gasteiger partial charge in [0, 0.05) is 12.0 Å². The normalized spacial score (nSPS) is 26.4. The average Bonchev–Trinajstić information content (AvgIpc) is 2.89. The van der Waals surface area contributed by atoms with Gasteiger partial charge in [-0.25, -0.2) is 4.79 Å². The van der Waals surface area contributed by atoms with E-state index in [1.807, 2.05) is 11.8 Å². The van der Waals surface area contributed by atoms with E-state index in [-0.39, 0.29) is 17.7 Å². The molecule has 6 nitrogen and oxygen atoms in total. The molecule has 2 fully saturated rings. The van der Waals surface area contributed by atoms with Crippen LogP contribution in [0.1, 0.15) is 50.4 Å². The van der Waals surface area contributed by atoms with Crippen LogP contribution in [0, 0.1) is 0 Å². The van der Waals surface area contributed by atoms with E-state index in [2.05, 4.69) is 10.5 Å². The molecular weight excluding hydrogens is 282 g/mol. The lowest BCUT2D eigenvalue weighted by Crippen LogP contribution is -2.61. The molecule has 2 heterocycles. The second-order valence-electron chi connectivity index (χ2n) is 6.89. The van der Waals surface area contributed by atoms with Crippen LogP contribution in [0.2, 0.25) is 0 Å². The lowest BCUT2D eigenvalue weighted by Gasteiger charge is -2.50. The van der Waals surface area contributed by atoms with Gasteiger partial charge < -0.3 is 14.2 Å². The molecule has 3 aliphatic rings. The van der Waals surface area contributed by atoms with Crippen LogP contribution < -0.4 is 5.32 Å². The number of aromatic nitrogens is 1. The number of amides is 2. The van der Waals surface area contributed by atoms with Gasteiger partial charge in [-0.3, -0.25) is 5.32 Å². The molecule has 0 radical (unpaired) electrons. The fourth-order valence-corrected chi connectivity index (χ4v) is 3.70. The molecular formula is C16H23N3O3. The average molecular weight is 305 g/mol. The van der Waals surface area contributed by atoms with E-state index in [0.29, 0.717) is 19.0 Å². The highest BCUT2D eigenvalue weighted by molar-refractivity contribution is 5.89. The van der Waals surface area contributed by atoms with Crippen molar-refractivity contribution in [1.29, 1.82) is 0 Å². The number of carbonyl (C=O) groups excluding carboxylic acids is 1. The van der Waals surface area contributed by atoms with E-state index in [1.54, 1.807) is 0 Å². The number of hydrogen-bond donors (Lipinski definition) is 1. The number of morpholine rings is 1. The Morgan fingerprint density at radius 3 is 2.91 bits per heavy atom. The van der Waals surface area contributed by atoms with Crippen LogP contribution in [0.5, 0.6) is 0 Å². The molecule has 1 aromatic heterocycles. The molecule has 2 aliphatic carbocycles. The highest BCUT2D eigenvalue weighted by Crippen LogP contribution is 2.39. The zero-order chi connectivity index (χ0) is 15.2. The summed E-state index contributed by atoms with van der Waals surface area (Å²) < 4.78 is 11.3. The van der Waals surface area contributed by atoms with Gasteiger partial charge in [-0.2, -0.15) is 0 Å². The number of anilines is 1. The molecule has 1 unspecified atom stereocenters. The Labute approximate surface area is 130 Å². The molecule has 1 spiro atoms. The van der Waals surface area contributed by atoms with Gasteiger partial charge in [-0.05, 0) is 45.4 Å². The van der Waals surface area contributed by atoms with Crippen molar-refractivity contribution in [3.8, 4) is 0 Å². The lowest BCUT2D eigenvalue weighted by atomic mass is 9.78. The zero-order valence-corrected chi connectivity index (χ0v) is 13.1. The molecule has 1 saturated carbocycles. The van der Waals surface area contributed by atoms with Crippen LogP contribution >= 0.6 is 0 Å². The Balaban J connectivity index is 1.48. The van der Waals surface area contributed by atoms with Gasteiger partial charge in [-0.1, -0.05) is 5.16 Å². The first-order valence-electron chi connectivity index (χ1n) is 8.36. The molecule has 1 aliphatic heterocycles. The Morgan fingerprint density at radius 2 is 2.14 bits per heavy atom. The minimum absolute atomic E-state index is 0.0799. The first-order valence-corrected chi connectivity index (χ1v) is 8.36. The van der Waals surface area contributed by atoms with Gasteiger partial charge in [0.15, 0.2) is 5.82 Å². The van der Waals surface area contributed by atoms with Crippen molar-refractivity contribution < 1.29 is 14.1 Å². The standard InChI is InChI=1S/C16H23N3O3/c1-11-9-21-16(7-4-8-16)10-19(11)15(20)17-14-12-5-2-3-6-13(12)22-18-14/h11H,2-10H2,1H3,(H,17,18,20). The SMILES string of the molecule is CC1COC2(CCC2)CN1C(=O)Nc1noc2c1CCCC2. The summed E-state index contributed by atoms with van der Waals surface area (Å²) in [5.41, 5.74) is 0.992. The van der Waals surface area contributed by atoms with Crippen molar-refractivity contribution in [2.24, 2.45) is 0 Å². The van der Waals surface area contributed by atoms with Crippen LogP contribution in [-0.4, -0.2) is 40.9 Å². The largest absolute Gasteiger partial charge is 0.371 e. The summed E-state index contributed by atoms with van der Waals surface area (Å²) in [5.74, 6) is 1.55. The van der Waals surface area contributed by atoms with E-state index < -0.39 is 0 Å². The molecule has 1 aromatic rings. The number of rotatable bonds is 1. The van der Waals surface area contributed by atoms with E-state index in [1.165, 1.54) is 6.42 Å². The van der Waals surface area contributed by atoms with Gasteiger partial charge in [0.2, 0.25) is 0 Å². The number of ether oxygens (including phenoxy) is 1. The number of nitrogens with zero attached hydrogens (tertiary/aromatic N) is 2. The number of carbonyl (C=O) groups is 1. The maximum atomic E-state index is 12.7. The summed E-state index contributed by atoms with van der Waals surface area (Å²) in [6.45, 7) is 3.33. The summed E-state index contributed by atoms with van der Waals surface area (Å²) >= 11 is 0. The Morgan fingerprint density at radius 1 is 1.32 bits per heavy atom. The summed E-state index contributed by atoms with van der Waals surface area (Å²) in [6, 6.07) is 0.0118. The zero-order valence-electron chi connectivity index (χ0n) is 13.1. The predicted molar refractivity (Wildman–Crippen MR) is 80.9 cm³/mol. The summed E-state index contributed by atoms with van der Waals surface area (Å²) in [5, 5.41) is 7.03. The number of nitrogens with one attached hydrogen (secondary N) is 1. The highest BCUT2D eigenvalue weighted by Gasteiger charge is 2.45. The third-order valence-electron chi connectivity index (χ3n) is 5.32. The van der Waals surface area contributed by atoms with Crippen molar-refractivity contribution in [2.45, 2.75) is 63.5 Å². The minimum Gasteiger partial charge on any atom is -0.371 e. The lowest BCUT2D eigenvalue weighted by molar-refractivity contribution is -0.156. The molecule has 0 bridgehead atoms. The second kappa shape index (κ2) is 5.26. The number of hydrogen-bond acceptors (Lipinski definition) is 4. The molecule has 1 N–H and O–H groups in total. The first kappa shape index (κ1) is 14.1. The van der Waals surface area contributed by atoms with E-state index >= 15 is 0 Å². The van der Waals surface area contributed by atoms with Crippen LogP contribution in [0.3, 0.4) is 0 Å². The van der Waals surface area contributed by atoms with Crippen molar-refractivity contribution in [3.05, 3.63) is 11.3 Å². The topological polar surface area (TPSA) is 67.6 Å². The van der Waals surface area contributed by atoms with Gasteiger partial charge in [-0.15, -0.1) is 0 Å². The van der Waals surface area contributed by atoms with Gasteiger partial charge >= 0.3 is 6.03 Å². The minimum atomic E-state index is -0.0902. The van der Waals surface area contributed by atoms with Crippen LogP contribution in [0.15, 0.2) is 4.52 Å². The van der Waals surface area contributed by atoms with Crippen molar-refractivity contribution >= 4 is 11.8 Å². The predicted octanol–water partition coefficient (Wildman–Crippen LogP) is 2.73. The first-order chi connectivity index (χ1) is 10.7. The third-order valence-corrected chi connectivity index (χ3v) is 5.32. The van der Waals surface area contributed by atoms with Crippen molar-refractivity contribution in [1.82, 2.24) is 10.1 Å². The summed E-state index contributed by atoms with van der Waals surface area (Å²) in [4.78, 5) is 14.6. The van der Waals surface area contributed by atoms with E-state index in [0.717, 1.165) is 49.8 Å². The highest BCUT2D eigenvalue weighted by atomic mass is 16.5.